The molecule has 0 fully saturated rings. The van der Waals surface area contributed by atoms with Crippen LogP contribution in [0.2, 0.25) is 0 Å². The number of fused-ring (bicyclic) bond motifs is 1. The summed E-state index contributed by atoms with van der Waals surface area (Å²) in [7, 11) is 0. The second-order valence-electron chi connectivity index (χ2n) is 4.73. The largest absolute Gasteiger partial charge is 0.493 e. The van der Waals surface area contributed by atoms with Crippen LogP contribution < -0.4 is 10.1 Å². The van der Waals surface area contributed by atoms with Gasteiger partial charge in [0, 0.05) is 22.5 Å². The van der Waals surface area contributed by atoms with Crippen LogP contribution in [-0.2, 0) is 0 Å². The minimum absolute atomic E-state index is 0.316. The molecule has 0 bridgehead atoms. The highest BCUT2D eigenvalue weighted by atomic mass is 79.9. The van der Waals surface area contributed by atoms with Gasteiger partial charge in [0.1, 0.15) is 11.8 Å². The molecule has 1 aliphatic heterocycles. The third-order valence-electron chi connectivity index (χ3n) is 3.44. The second kappa shape index (κ2) is 5.56. The van der Waals surface area contributed by atoms with Crippen molar-refractivity contribution < 1.29 is 4.74 Å². The number of nitrogens with one attached hydrogen (secondary N) is 1. The van der Waals surface area contributed by atoms with Crippen LogP contribution in [0.5, 0.6) is 5.75 Å². The predicted octanol–water partition coefficient (Wildman–Crippen LogP) is 3.91. The van der Waals surface area contributed by atoms with Crippen molar-refractivity contribution in [2.45, 2.75) is 5.92 Å². The summed E-state index contributed by atoms with van der Waals surface area (Å²) in [6.07, 6.45) is 0. The number of halogens is 1. The fourth-order valence-electron chi connectivity index (χ4n) is 2.39. The summed E-state index contributed by atoms with van der Waals surface area (Å²) in [5, 5.41) is 12.5. The highest BCUT2D eigenvalue weighted by Crippen LogP contribution is 2.33. The highest BCUT2D eigenvalue weighted by molar-refractivity contribution is 9.10. The Hall–Kier alpha value is -1.99. The molecule has 1 atom stereocenters. The third-order valence-corrected chi connectivity index (χ3v) is 3.93. The van der Waals surface area contributed by atoms with Crippen LogP contribution in [0, 0.1) is 11.3 Å². The van der Waals surface area contributed by atoms with E-state index < -0.39 is 0 Å². The normalized spacial score (nSPS) is 16.1. The van der Waals surface area contributed by atoms with Crippen LogP contribution >= 0.6 is 15.9 Å². The topological polar surface area (TPSA) is 45.0 Å². The van der Waals surface area contributed by atoms with Gasteiger partial charge in [0.05, 0.1) is 17.9 Å². The number of anilines is 1. The second-order valence-corrected chi connectivity index (χ2v) is 5.64. The summed E-state index contributed by atoms with van der Waals surface area (Å²) >= 11 is 3.43. The van der Waals surface area contributed by atoms with E-state index in [2.05, 4.69) is 33.4 Å². The first-order valence-corrected chi connectivity index (χ1v) is 7.22. The van der Waals surface area contributed by atoms with Gasteiger partial charge in [0.25, 0.3) is 0 Å². The molecular formula is C16H13BrN2O. The molecule has 3 rings (SSSR count). The molecule has 1 N–H and O–H groups in total. The van der Waals surface area contributed by atoms with Gasteiger partial charge < -0.3 is 10.1 Å². The minimum Gasteiger partial charge on any atom is -0.493 e. The van der Waals surface area contributed by atoms with Crippen molar-refractivity contribution in [3.05, 3.63) is 58.1 Å². The summed E-state index contributed by atoms with van der Waals surface area (Å²) in [6.45, 7) is 1.43. The predicted molar refractivity (Wildman–Crippen MR) is 82.0 cm³/mol. The van der Waals surface area contributed by atoms with Crippen molar-refractivity contribution in [2.24, 2.45) is 0 Å². The molecule has 2 aromatic carbocycles. The first kappa shape index (κ1) is 13.0. The molecule has 100 valence electrons. The summed E-state index contributed by atoms with van der Waals surface area (Å²) in [6, 6.07) is 15.9. The average molecular weight is 329 g/mol. The Balaban J connectivity index is 1.76. The van der Waals surface area contributed by atoms with Crippen LogP contribution in [0.1, 0.15) is 17.0 Å². The molecule has 0 saturated carbocycles. The van der Waals surface area contributed by atoms with E-state index in [0.29, 0.717) is 18.1 Å². The van der Waals surface area contributed by atoms with Crippen molar-refractivity contribution >= 4 is 21.6 Å². The first-order chi connectivity index (χ1) is 9.78. The molecular weight excluding hydrogens is 316 g/mol. The molecule has 1 aliphatic rings. The van der Waals surface area contributed by atoms with Gasteiger partial charge in [-0.25, -0.2) is 0 Å². The lowest BCUT2D eigenvalue weighted by atomic mass is 10.0. The molecule has 0 amide bonds. The molecule has 0 spiro atoms. The quantitative estimate of drug-likeness (QED) is 0.929. The molecule has 0 aromatic heterocycles. The van der Waals surface area contributed by atoms with Crippen LogP contribution in [0.25, 0.3) is 0 Å². The first-order valence-electron chi connectivity index (χ1n) is 6.43. The molecule has 3 nitrogen and oxygen atoms in total. The van der Waals surface area contributed by atoms with Crippen molar-refractivity contribution in [1.82, 2.24) is 0 Å². The van der Waals surface area contributed by atoms with Crippen LogP contribution in [0.15, 0.2) is 46.9 Å². The van der Waals surface area contributed by atoms with Crippen molar-refractivity contribution in [2.75, 3.05) is 18.5 Å². The molecule has 4 heteroatoms. The highest BCUT2D eigenvalue weighted by Gasteiger charge is 2.23. The van der Waals surface area contributed by atoms with E-state index in [1.54, 1.807) is 0 Å². The zero-order valence-corrected chi connectivity index (χ0v) is 12.4. The SMILES string of the molecule is N#Cc1ccc(Br)cc1NCC1COc2ccccc21. The minimum atomic E-state index is 0.316. The van der Waals surface area contributed by atoms with Gasteiger partial charge in [-0.15, -0.1) is 0 Å². The Morgan fingerprint density at radius 2 is 2.15 bits per heavy atom. The Bertz CT molecular complexity index is 678. The zero-order valence-electron chi connectivity index (χ0n) is 10.8. The van der Waals surface area contributed by atoms with E-state index >= 15 is 0 Å². The van der Waals surface area contributed by atoms with Crippen molar-refractivity contribution in [3.63, 3.8) is 0 Å². The smallest absolute Gasteiger partial charge is 0.122 e. The summed E-state index contributed by atoms with van der Waals surface area (Å²) in [5.41, 5.74) is 2.74. The Morgan fingerprint density at radius 3 is 3.00 bits per heavy atom. The number of nitriles is 1. The van der Waals surface area contributed by atoms with Gasteiger partial charge in [0.2, 0.25) is 0 Å². The van der Waals surface area contributed by atoms with Gasteiger partial charge in [-0.2, -0.15) is 5.26 Å². The van der Waals surface area contributed by atoms with E-state index in [1.807, 2.05) is 36.4 Å². The maximum absolute atomic E-state index is 9.13. The van der Waals surface area contributed by atoms with E-state index in [9.17, 15) is 0 Å². The molecule has 20 heavy (non-hydrogen) atoms. The monoisotopic (exact) mass is 328 g/mol. The fraction of sp³-hybridized carbons (Fsp3) is 0.188. The molecule has 2 aromatic rings. The third kappa shape index (κ3) is 2.50. The Morgan fingerprint density at radius 1 is 1.30 bits per heavy atom. The lowest BCUT2D eigenvalue weighted by Crippen LogP contribution is -2.14. The van der Waals surface area contributed by atoms with Crippen molar-refractivity contribution in [1.29, 1.82) is 5.26 Å². The van der Waals surface area contributed by atoms with E-state index in [-0.39, 0.29) is 0 Å². The molecule has 0 aliphatic carbocycles. The average Bonchev–Trinajstić information content (AvgIpc) is 2.88. The summed E-state index contributed by atoms with van der Waals surface area (Å²) < 4.78 is 6.63. The maximum Gasteiger partial charge on any atom is 0.122 e. The molecule has 0 saturated heterocycles. The number of ether oxygens (including phenoxy) is 1. The summed E-state index contributed by atoms with van der Waals surface area (Å²) in [5.74, 6) is 1.28. The van der Waals surface area contributed by atoms with Gasteiger partial charge in [0.15, 0.2) is 0 Å². The fourth-order valence-corrected chi connectivity index (χ4v) is 2.75. The lowest BCUT2D eigenvalue weighted by Gasteiger charge is -2.13. The van der Waals surface area contributed by atoms with E-state index in [1.165, 1.54) is 5.56 Å². The number of nitrogens with zero attached hydrogens (tertiary/aromatic N) is 1. The molecule has 1 unspecified atom stereocenters. The van der Waals surface area contributed by atoms with E-state index in [0.717, 1.165) is 22.5 Å². The van der Waals surface area contributed by atoms with E-state index in [4.69, 9.17) is 10.00 Å². The molecule has 1 heterocycles. The molecule has 0 radical (unpaired) electrons. The van der Waals surface area contributed by atoms with Gasteiger partial charge in [-0.3, -0.25) is 0 Å². The zero-order chi connectivity index (χ0) is 13.9. The maximum atomic E-state index is 9.13. The van der Waals surface area contributed by atoms with Crippen molar-refractivity contribution in [3.8, 4) is 11.8 Å². The standard InChI is InChI=1S/C16H13BrN2O/c17-13-6-5-11(8-18)15(7-13)19-9-12-10-20-16-4-2-1-3-14(12)16/h1-7,12,19H,9-10H2. The Kier molecular flexibility index (Phi) is 3.62. The van der Waals surface area contributed by atoms with Crippen LogP contribution in [0.4, 0.5) is 5.69 Å². The van der Waals surface area contributed by atoms with Crippen LogP contribution in [0.3, 0.4) is 0 Å². The lowest BCUT2D eigenvalue weighted by molar-refractivity contribution is 0.334. The Labute approximate surface area is 126 Å². The summed E-state index contributed by atoms with van der Waals surface area (Å²) in [4.78, 5) is 0. The van der Waals surface area contributed by atoms with Gasteiger partial charge >= 0.3 is 0 Å². The van der Waals surface area contributed by atoms with Gasteiger partial charge in [-0.05, 0) is 24.3 Å². The number of para-hydroxylation sites is 1. The number of rotatable bonds is 3. The number of benzene rings is 2. The van der Waals surface area contributed by atoms with Crippen LogP contribution in [-0.4, -0.2) is 13.2 Å². The number of hydrogen-bond acceptors (Lipinski definition) is 3. The number of hydrogen-bond donors (Lipinski definition) is 1. The van der Waals surface area contributed by atoms with Gasteiger partial charge in [-0.1, -0.05) is 34.1 Å².